The topological polar surface area (TPSA) is 119 Å². The fourth-order valence-electron chi connectivity index (χ4n) is 1.02. The molecule has 16 heavy (non-hydrogen) atoms. The maximum absolute atomic E-state index is 11.4. The Balaban J connectivity index is 2.84. The van der Waals surface area contributed by atoms with E-state index >= 15 is 0 Å². The minimum Gasteiger partial charge on any atom is -0.480 e. The lowest BCUT2D eigenvalue weighted by molar-refractivity contribution is -0.140. The van der Waals surface area contributed by atoms with Crippen LogP contribution in [0.2, 0.25) is 0 Å². The Kier molecular flexibility index (Phi) is 3.78. The van der Waals surface area contributed by atoms with Crippen LogP contribution in [-0.4, -0.2) is 39.7 Å². The van der Waals surface area contributed by atoms with E-state index in [0.717, 1.165) is 0 Å². The summed E-state index contributed by atoms with van der Waals surface area (Å²) in [6.07, 6.45) is 1.35. The van der Waals surface area contributed by atoms with Crippen LogP contribution in [0.4, 0.5) is 0 Å². The number of carboxylic acid groups (broad SMARTS) is 1. The summed E-state index contributed by atoms with van der Waals surface area (Å²) in [6.45, 7) is -0.744. The number of rotatable bonds is 4. The predicted octanol–water partition coefficient (Wildman–Crippen LogP) is -1.45. The van der Waals surface area contributed by atoms with E-state index in [0.29, 0.717) is 0 Å². The summed E-state index contributed by atoms with van der Waals surface area (Å²) in [7, 11) is 0. The summed E-state index contributed by atoms with van der Waals surface area (Å²) in [6, 6.07) is 1.27. The zero-order chi connectivity index (χ0) is 12.1. The van der Waals surface area contributed by atoms with Gasteiger partial charge >= 0.3 is 5.97 Å². The second kappa shape index (κ2) is 5.08. The fraction of sp³-hybridized carbons (Fsp3) is 0.222. The van der Waals surface area contributed by atoms with Crippen LogP contribution in [0, 0.1) is 0 Å². The van der Waals surface area contributed by atoms with Crippen molar-refractivity contribution in [2.24, 2.45) is 0 Å². The number of hydrogen-bond acceptors (Lipinski definition) is 4. The molecule has 1 amide bonds. The van der Waals surface area contributed by atoms with E-state index in [2.05, 4.69) is 4.98 Å². The number of pyridine rings is 1. The van der Waals surface area contributed by atoms with Crippen LogP contribution < -0.4 is 10.9 Å². The first-order valence-corrected chi connectivity index (χ1v) is 4.38. The van der Waals surface area contributed by atoms with Crippen molar-refractivity contribution in [1.29, 1.82) is 0 Å². The van der Waals surface area contributed by atoms with Crippen LogP contribution in [0.15, 0.2) is 23.1 Å². The second-order valence-electron chi connectivity index (χ2n) is 2.96. The molecule has 0 saturated carbocycles. The Hall–Kier alpha value is -2.15. The maximum Gasteiger partial charge on any atom is 0.328 e. The van der Waals surface area contributed by atoms with Gasteiger partial charge in [-0.15, -0.1) is 0 Å². The van der Waals surface area contributed by atoms with Crippen molar-refractivity contribution in [3.05, 3.63) is 34.2 Å². The lowest BCUT2D eigenvalue weighted by Gasteiger charge is -2.10. The van der Waals surface area contributed by atoms with Crippen LogP contribution in [0.3, 0.4) is 0 Å². The number of aromatic amines is 1. The van der Waals surface area contributed by atoms with Gasteiger partial charge < -0.3 is 20.5 Å². The van der Waals surface area contributed by atoms with Gasteiger partial charge in [0.2, 0.25) is 0 Å². The van der Waals surface area contributed by atoms with Crippen molar-refractivity contribution < 1.29 is 19.8 Å². The SMILES string of the molecule is O=C(N[C@H](CO)C(=O)O)c1ccc[nH]c1=O. The van der Waals surface area contributed by atoms with Gasteiger partial charge in [0.15, 0.2) is 6.04 Å². The lowest BCUT2D eigenvalue weighted by Crippen LogP contribution is -2.44. The number of aliphatic carboxylic acids is 1. The van der Waals surface area contributed by atoms with E-state index in [-0.39, 0.29) is 5.56 Å². The number of H-pyrrole nitrogens is 1. The molecule has 1 aromatic heterocycles. The largest absolute Gasteiger partial charge is 0.480 e. The van der Waals surface area contributed by atoms with Crippen molar-refractivity contribution >= 4 is 11.9 Å². The van der Waals surface area contributed by atoms with Gasteiger partial charge in [0, 0.05) is 6.20 Å². The Morgan fingerprint density at radius 3 is 2.69 bits per heavy atom. The molecule has 1 aromatic rings. The third-order valence-corrected chi connectivity index (χ3v) is 1.85. The molecule has 1 heterocycles. The smallest absolute Gasteiger partial charge is 0.328 e. The monoisotopic (exact) mass is 226 g/mol. The Morgan fingerprint density at radius 1 is 1.50 bits per heavy atom. The number of carbonyl (C=O) groups is 2. The highest BCUT2D eigenvalue weighted by molar-refractivity contribution is 5.96. The molecule has 0 aliphatic heterocycles. The molecule has 4 N–H and O–H groups in total. The number of aliphatic hydroxyl groups excluding tert-OH is 1. The van der Waals surface area contributed by atoms with E-state index in [9.17, 15) is 14.4 Å². The molecule has 1 atom stereocenters. The summed E-state index contributed by atoms with van der Waals surface area (Å²) in [5.41, 5.74) is -0.829. The number of hydrogen-bond donors (Lipinski definition) is 4. The van der Waals surface area contributed by atoms with Crippen LogP contribution in [0.5, 0.6) is 0 Å². The van der Waals surface area contributed by atoms with Crippen molar-refractivity contribution in [3.63, 3.8) is 0 Å². The van der Waals surface area contributed by atoms with Gasteiger partial charge in [0.1, 0.15) is 5.56 Å². The highest BCUT2D eigenvalue weighted by Gasteiger charge is 2.20. The third kappa shape index (κ3) is 2.67. The Labute approximate surface area is 89.7 Å². The molecular formula is C9H10N2O5. The van der Waals surface area contributed by atoms with Crippen LogP contribution in [0.25, 0.3) is 0 Å². The molecule has 1 rings (SSSR count). The quantitative estimate of drug-likeness (QED) is 0.500. The molecule has 0 radical (unpaired) electrons. The number of nitrogens with one attached hydrogen (secondary N) is 2. The minimum atomic E-state index is -1.42. The van der Waals surface area contributed by atoms with Crippen molar-refractivity contribution in [3.8, 4) is 0 Å². The molecule has 0 saturated heterocycles. The maximum atomic E-state index is 11.4. The molecule has 0 unspecified atom stereocenters. The molecule has 0 aliphatic rings. The number of aliphatic hydroxyl groups is 1. The molecule has 0 fully saturated rings. The van der Waals surface area contributed by atoms with Gasteiger partial charge in [-0.1, -0.05) is 0 Å². The molecule has 7 nitrogen and oxygen atoms in total. The fourth-order valence-corrected chi connectivity index (χ4v) is 1.02. The predicted molar refractivity (Wildman–Crippen MR) is 53.0 cm³/mol. The van der Waals surface area contributed by atoms with Gasteiger partial charge in [0.25, 0.3) is 11.5 Å². The van der Waals surface area contributed by atoms with Crippen LogP contribution in [0.1, 0.15) is 10.4 Å². The number of carbonyl (C=O) groups excluding carboxylic acids is 1. The minimum absolute atomic E-state index is 0.206. The Morgan fingerprint density at radius 2 is 2.19 bits per heavy atom. The summed E-state index contributed by atoms with van der Waals surface area (Å²) in [5, 5.41) is 19.3. The molecule has 0 aromatic carbocycles. The third-order valence-electron chi connectivity index (χ3n) is 1.85. The average molecular weight is 226 g/mol. The van der Waals surface area contributed by atoms with E-state index < -0.39 is 30.1 Å². The van der Waals surface area contributed by atoms with Gasteiger partial charge in [0.05, 0.1) is 6.61 Å². The molecular weight excluding hydrogens is 216 g/mol. The Bertz CT molecular complexity index is 453. The average Bonchev–Trinajstić information content (AvgIpc) is 2.25. The van der Waals surface area contributed by atoms with Crippen LogP contribution in [-0.2, 0) is 4.79 Å². The van der Waals surface area contributed by atoms with Gasteiger partial charge in [-0.25, -0.2) is 4.79 Å². The van der Waals surface area contributed by atoms with Crippen molar-refractivity contribution in [2.75, 3.05) is 6.61 Å². The molecule has 0 aliphatic carbocycles. The van der Waals surface area contributed by atoms with Crippen LogP contribution >= 0.6 is 0 Å². The van der Waals surface area contributed by atoms with Gasteiger partial charge in [-0.2, -0.15) is 0 Å². The van der Waals surface area contributed by atoms with E-state index in [1.54, 1.807) is 0 Å². The normalized spacial score (nSPS) is 11.8. The summed E-state index contributed by atoms with van der Waals surface area (Å²) >= 11 is 0. The standard InChI is InChI=1S/C9H10N2O5/c12-4-6(9(15)16)11-8(14)5-2-1-3-10-7(5)13/h1-3,6,12H,4H2,(H,10,13)(H,11,14)(H,15,16)/t6-/m1/s1. The summed E-state index contributed by atoms with van der Waals surface area (Å²) < 4.78 is 0. The first-order valence-electron chi connectivity index (χ1n) is 4.38. The van der Waals surface area contributed by atoms with E-state index in [1.807, 2.05) is 5.32 Å². The highest BCUT2D eigenvalue weighted by Crippen LogP contribution is 1.91. The summed E-state index contributed by atoms with van der Waals surface area (Å²) in [4.78, 5) is 35.4. The van der Waals surface area contributed by atoms with Gasteiger partial charge in [-0.05, 0) is 12.1 Å². The number of amides is 1. The van der Waals surface area contributed by atoms with Crippen molar-refractivity contribution in [1.82, 2.24) is 10.3 Å². The second-order valence-corrected chi connectivity index (χ2v) is 2.96. The lowest BCUT2D eigenvalue weighted by atomic mass is 10.2. The first-order chi connectivity index (χ1) is 7.56. The molecule has 7 heteroatoms. The first kappa shape index (κ1) is 11.9. The molecule has 86 valence electrons. The number of aromatic nitrogens is 1. The highest BCUT2D eigenvalue weighted by atomic mass is 16.4. The molecule has 0 spiro atoms. The molecule has 0 bridgehead atoms. The van der Waals surface area contributed by atoms with Crippen molar-refractivity contribution in [2.45, 2.75) is 6.04 Å². The van der Waals surface area contributed by atoms with E-state index in [1.165, 1.54) is 18.3 Å². The summed E-state index contributed by atoms with van der Waals surface area (Å²) in [5.74, 6) is -2.22. The van der Waals surface area contributed by atoms with Gasteiger partial charge in [-0.3, -0.25) is 9.59 Å². The zero-order valence-corrected chi connectivity index (χ0v) is 8.14. The van der Waals surface area contributed by atoms with E-state index in [4.69, 9.17) is 10.2 Å². The zero-order valence-electron chi connectivity index (χ0n) is 8.14. The number of carboxylic acids is 1.